The van der Waals surface area contributed by atoms with Gasteiger partial charge in [0.2, 0.25) is 5.91 Å². The maximum atomic E-state index is 12.9. The average molecular weight is 326 g/mol. The van der Waals surface area contributed by atoms with Crippen LogP contribution < -0.4 is 4.90 Å². The number of likely N-dealkylation sites (tertiary alicyclic amines) is 1. The standard InChI is InChI=1S/C18H22N4O2/c1-13-6-4-5-10-20(13)16(23)12-22-15-8-3-2-7-14(15)17-19-9-11-21(17)18(22)24/h2-3,7-8,13H,4-6,9-12H2,1H3/t13-/m0/s1. The molecule has 6 nitrogen and oxygen atoms in total. The zero-order valence-corrected chi connectivity index (χ0v) is 13.9. The van der Waals surface area contributed by atoms with Crippen LogP contribution in [0, 0.1) is 0 Å². The van der Waals surface area contributed by atoms with Gasteiger partial charge in [-0.15, -0.1) is 0 Å². The molecule has 126 valence electrons. The summed E-state index contributed by atoms with van der Waals surface area (Å²) in [7, 11) is 0. The average Bonchev–Trinajstić information content (AvgIpc) is 3.09. The minimum Gasteiger partial charge on any atom is -0.338 e. The van der Waals surface area contributed by atoms with E-state index in [2.05, 4.69) is 11.9 Å². The van der Waals surface area contributed by atoms with Gasteiger partial charge < -0.3 is 4.90 Å². The Kier molecular flexibility index (Phi) is 3.75. The molecule has 0 spiro atoms. The van der Waals surface area contributed by atoms with Crippen molar-refractivity contribution in [2.24, 2.45) is 4.99 Å². The second-order valence-corrected chi connectivity index (χ2v) is 6.67. The van der Waals surface area contributed by atoms with Crippen LogP contribution in [0.15, 0.2) is 29.3 Å². The van der Waals surface area contributed by atoms with Crippen LogP contribution >= 0.6 is 0 Å². The Bertz CT molecular complexity index is 715. The lowest BCUT2D eigenvalue weighted by Crippen LogP contribution is -2.54. The van der Waals surface area contributed by atoms with Crippen molar-refractivity contribution in [2.75, 3.05) is 31.1 Å². The van der Waals surface area contributed by atoms with Gasteiger partial charge in [-0.1, -0.05) is 12.1 Å². The van der Waals surface area contributed by atoms with Gasteiger partial charge in [-0.25, -0.2) is 4.79 Å². The van der Waals surface area contributed by atoms with E-state index in [0.717, 1.165) is 36.5 Å². The lowest BCUT2D eigenvalue weighted by molar-refractivity contribution is -0.132. The fraction of sp³-hybridized carbons (Fsp3) is 0.500. The summed E-state index contributed by atoms with van der Waals surface area (Å²) in [5.74, 6) is 0.774. The maximum Gasteiger partial charge on any atom is 0.330 e. The van der Waals surface area contributed by atoms with E-state index in [1.165, 1.54) is 6.42 Å². The number of carbonyl (C=O) groups is 2. The zero-order chi connectivity index (χ0) is 16.7. The topological polar surface area (TPSA) is 56.2 Å². The van der Waals surface area contributed by atoms with Crippen molar-refractivity contribution in [1.82, 2.24) is 9.80 Å². The van der Waals surface area contributed by atoms with E-state index in [9.17, 15) is 9.59 Å². The van der Waals surface area contributed by atoms with Crippen molar-refractivity contribution in [2.45, 2.75) is 32.2 Å². The van der Waals surface area contributed by atoms with E-state index in [0.29, 0.717) is 13.1 Å². The van der Waals surface area contributed by atoms with E-state index in [1.807, 2.05) is 29.2 Å². The molecule has 4 rings (SSSR count). The first kappa shape index (κ1) is 15.2. The number of urea groups is 1. The van der Waals surface area contributed by atoms with Crippen molar-refractivity contribution in [1.29, 1.82) is 0 Å². The second-order valence-electron chi connectivity index (χ2n) is 6.67. The molecule has 1 atom stereocenters. The first-order valence-electron chi connectivity index (χ1n) is 8.69. The lowest BCUT2D eigenvalue weighted by Gasteiger charge is -2.38. The molecule has 0 aliphatic carbocycles. The van der Waals surface area contributed by atoms with Gasteiger partial charge in [-0.05, 0) is 38.3 Å². The highest BCUT2D eigenvalue weighted by molar-refractivity contribution is 6.20. The highest BCUT2D eigenvalue weighted by Crippen LogP contribution is 2.31. The van der Waals surface area contributed by atoms with Gasteiger partial charge >= 0.3 is 6.03 Å². The van der Waals surface area contributed by atoms with Crippen LogP contribution in [-0.2, 0) is 4.79 Å². The highest BCUT2D eigenvalue weighted by atomic mass is 16.2. The third-order valence-corrected chi connectivity index (χ3v) is 5.16. The molecule has 1 aromatic carbocycles. The van der Waals surface area contributed by atoms with Crippen LogP contribution in [0.3, 0.4) is 0 Å². The van der Waals surface area contributed by atoms with Gasteiger partial charge in [0.15, 0.2) is 0 Å². The number of fused-ring (bicyclic) bond motifs is 3. The van der Waals surface area contributed by atoms with Crippen LogP contribution in [0.5, 0.6) is 0 Å². The van der Waals surface area contributed by atoms with Crippen LogP contribution in [0.1, 0.15) is 31.7 Å². The van der Waals surface area contributed by atoms with Gasteiger partial charge in [0, 0.05) is 24.7 Å². The van der Waals surface area contributed by atoms with E-state index in [-0.39, 0.29) is 24.5 Å². The predicted molar refractivity (Wildman–Crippen MR) is 92.3 cm³/mol. The summed E-state index contributed by atoms with van der Waals surface area (Å²) in [4.78, 5) is 35.4. The van der Waals surface area contributed by atoms with E-state index < -0.39 is 0 Å². The summed E-state index contributed by atoms with van der Waals surface area (Å²) in [6.07, 6.45) is 3.26. The summed E-state index contributed by atoms with van der Waals surface area (Å²) in [6.45, 7) is 4.20. The summed E-state index contributed by atoms with van der Waals surface area (Å²) in [5.41, 5.74) is 1.73. The minimum atomic E-state index is -0.136. The number of carbonyl (C=O) groups excluding carboxylic acids is 2. The molecule has 3 aliphatic rings. The number of piperidine rings is 1. The Balaban J connectivity index is 1.63. The van der Waals surface area contributed by atoms with Crippen molar-refractivity contribution in [3.8, 4) is 0 Å². The van der Waals surface area contributed by atoms with Crippen molar-refractivity contribution >= 4 is 23.5 Å². The fourth-order valence-electron chi connectivity index (χ4n) is 3.86. The van der Waals surface area contributed by atoms with Crippen molar-refractivity contribution in [3.05, 3.63) is 29.8 Å². The first-order valence-corrected chi connectivity index (χ1v) is 8.69. The van der Waals surface area contributed by atoms with E-state index in [1.54, 1.807) is 9.80 Å². The Labute approximate surface area is 141 Å². The van der Waals surface area contributed by atoms with Gasteiger partial charge in [0.05, 0.1) is 12.2 Å². The fourth-order valence-corrected chi connectivity index (χ4v) is 3.86. The SMILES string of the molecule is C[C@H]1CCCCN1C(=O)CN1C(=O)N2CCN=C2c2ccccc21. The Morgan fingerprint density at radius 3 is 2.92 bits per heavy atom. The molecule has 0 bridgehead atoms. The number of hydrogen-bond acceptors (Lipinski definition) is 3. The molecule has 1 aromatic rings. The highest BCUT2D eigenvalue weighted by Gasteiger charge is 2.38. The number of rotatable bonds is 2. The van der Waals surface area contributed by atoms with Gasteiger partial charge in [0.1, 0.15) is 12.4 Å². The summed E-state index contributed by atoms with van der Waals surface area (Å²) in [6, 6.07) is 7.84. The molecule has 0 unspecified atom stereocenters. The third-order valence-electron chi connectivity index (χ3n) is 5.16. The Morgan fingerprint density at radius 2 is 2.08 bits per heavy atom. The number of benzene rings is 1. The molecular weight excluding hydrogens is 304 g/mol. The molecule has 1 saturated heterocycles. The molecule has 3 aliphatic heterocycles. The van der Waals surface area contributed by atoms with Crippen LogP contribution in [-0.4, -0.2) is 59.8 Å². The molecule has 3 heterocycles. The molecule has 0 radical (unpaired) electrons. The largest absolute Gasteiger partial charge is 0.338 e. The lowest BCUT2D eigenvalue weighted by atomic mass is 10.0. The van der Waals surface area contributed by atoms with Gasteiger partial charge in [0.25, 0.3) is 0 Å². The molecule has 0 saturated carbocycles. The number of amidine groups is 1. The van der Waals surface area contributed by atoms with Crippen molar-refractivity contribution in [3.63, 3.8) is 0 Å². The zero-order valence-electron chi connectivity index (χ0n) is 13.9. The maximum absolute atomic E-state index is 12.9. The minimum absolute atomic E-state index is 0.0324. The Hall–Kier alpha value is -2.37. The summed E-state index contributed by atoms with van der Waals surface area (Å²) < 4.78 is 0. The Morgan fingerprint density at radius 1 is 1.25 bits per heavy atom. The van der Waals surface area contributed by atoms with E-state index >= 15 is 0 Å². The predicted octanol–water partition coefficient (Wildman–Crippen LogP) is 2.09. The van der Waals surface area contributed by atoms with Crippen molar-refractivity contribution < 1.29 is 9.59 Å². The molecule has 0 aromatic heterocycles. The van der Waals surface area contributed by atoms with Crippen LogP contribution in [0.4, 0.5) is 10.5 Å². The third kappa shape index (κ3) is 2.37. The number of anilines is 1. The smallest absolute Gasteiger partial charge is 0.330 e. The summed E-state index contributed by atoms with van der Waals surface area (Å²) in [5, 5.41) is 0. The van der Waals surface area contributed by atoms with Gasteiger partial charge in [-0.3, -0.25) is 19.6 Å². The summed E-state index contributed by atoms with van der Waals surface area (Å²) >= 11 is 0. The normalized spacial score (nSPS) is 23.0. The molecule has 3 amide bonds. The molecular formula is C18H22N4O2. The quantitative estimate of drug-likeness (QED) is 0.835. The number of hydrogen-bond donors (Lipinski definition) is 0. The van der Waals surface area contributed by atoms with Crippen LogP contribution in [0.2, 0.25) is 0 Å². The number of amides is 3. The first-order chi connectivity index (χ1) is 11.7. The molecule has 1 fully saturated rings. The van der Waals surface area contributed by atoms with E-state index in [4.69, 9.17) is 0 Å². The van der Waals surface area contributed by atoms with Crippen LogP contribution in [0.25, 0.3) is 0 Å². The number of para-hydroxylation sites is 1. The molecule has 6 heteroatoms. The monoisotopic (exact) mass is 326 g/mol. The number of aliphatic imine (C=N–C) groups is 1. The van der Waals surface area contributed by atoms with Gasteiger partial charge in [-0.2, -0.15) is 0 Å². The molecule has 0 N–H and O–H groups in total. The second kappa shape index (κ2) is 5.92. The molecule has 24 heavy (non-hydrogen) atoms. The number of nitrogens with zero attached hydrogens (tertiary/aromatic N) is 4.